The molecule has 88 valence electrons. The molecular formula is C14H15NO2. The highest BCUT2D eigenvalue weighted by molar-refractivity contribution is 5.72. The van der Waals surface area contributed by atoms with E-state index in [9.17, 15) is 4.79 Å². The number of allylic oxidation sites excluding steroid dienone is 1. The van der Waals surface area contributed by atoms with E-state index in [0.29, 0.717) is 19.4 Å². The summed E-state index contributed by atoms with van der Waals surface area (Å²) in [5.41, 5.74) is 1.95. The minimum atomic E-state index is -0.208. The maximum Gasteiger partial charge on any atom is 0.310 e. The summed E-state index contributed by atoms with van der Waals surface area (Å²) in [6, 6.07) is 9.66. The van der Waals surface area contributed by atoms with E-state index in [0.717, 1.165) is 11.1 Å². The van der Waals surface area contributed by atoms with Crippen LogP contribution >= 0.6 is 0 Å². The first-order valence-corrected chi connectivity index (χ1v) is 5.54. The molecule has 1 rings (SSSR count). The fourth-order valence-electron chi connectivity index (χ4n) is 1.37. The van der Waals surface area contributed by atoms with E-state index in [1.807, 2.05) is 36.4 Å². The Labute approximate surface area is 101 Å². The number of esters is 1. The zero-order chi connectivity index (χ0) is 12.5. The van der Waals surface area contributed by atoms with Gasteiger partial charge in [0.15, 0.2) is 0 Å². The third-order valence-electron chi connectivity index (χ3n) is 2.15. The van der Waals surface area contributed by atoms with Crippen LogP contribution in [0.3, 0.4) is 0 Å². The minimum Gasteiger partial charge on any atom is -0.466 e. The Morgan fingerprint density at radius 2 is 2.12 bits per heavy atom. The van der Waals surface area contributed by atoms with Crippen molar-refractivity contribution in [1.82, 2.24) is 0 Å². The van der Waals surface area contributed by atoms with Gasteiger partial charge in [0.05, 0.1) is 25.5 Å². The second kappa shape index (κ2) is 7.24. The zero-order valence-corrected chi connectivity index (χ0v) is 9.85. The van der Waals surface area contributed by atoms with E-state index < -0.39 is 0 Å². The lowest BCUT2D eigenvalue weighted by atomic mass is 10.1. The Kier molecular flexibility index (Phi) is 5.53. The highest BCUT2D eigenvalue weighted by Crippen LogP contribution is 2.08. The van der Waals surface area contributed by atoms with Gasteiger partial charge < -0.3 is 4.74 Å². The number of carbonyl (C=O) groups excluding carboxylic acids is 1. The molecule has 1 aromatic carbocycles. The standard InChI is InChI=1S/C14H15NO2/c1-2-17-14(16)11-13-8-6-12(7-9-13)5-3-4-10-15/h3,5-9H,2,4,11H2,1H3. The number of rotatable bonds is 5. The van der Waals surface area contributed by atoms with Crippen molar-refractivity contribution in [1.29, 1.82) is 5.26 Å². The maximum atomic E-state index is 11.2. The smallest absolute Gasteiger partial charge is 0.310 e. The lowest BCUT2D eigenvalue weighted by Gasteiger charge is -2.02. The summed E-state index contributed by atoms with van der Waals surface area (Å²) in [5.74, 6) is -0.208. The summed E-state index contributed by atoms with van der Waals surface area (Å²) in [4.78, 5) is 11.2. The normalized spacial score (nSPS) is 10.1. The second-order valence-corrected chi connectivity index (χ2v) is 3.49. The predicted octanol–water partition coefficient (Wildman–Crippen LogP) is 2.72. The van der Waals surface area contributed by atoms with Crippen LogP contribution in [0.4, 0.5) is 0 Å². The molecule has 0 amide bonds. The van der Waals surface area contributed by atoms with Crippen LogP contribution in [0, 0.1) is 11.3 Å². The highest BCUT2D eigenvalue weighted by Gasteiger charge is 2.02. The van der Waals surface area contributed by atoms with Crippen LogP contribution in [-0.4, -0.2) is 12.6 Å². The van der Waals surface area contributed by atoms with Crippen LogP contribution in [0.1, 0.15) is 24.5 Å². The van der Waals surface area contributed by atoms with Crippen LogP contribution in [-0.2, 0) is 16.0 Å². The molecule has 0 unspecified atom stereocenters. The van der Waals surface area contributed by atoms with Crippen molar-refractivity contribution in [2.24, 2.45) is 0 Å². The van der Waals surface area contributed by atoms with Gasteiger partial charge in [-0.1, -0.05) is 36.4 Å². The van der Waals surface area contributed by atoms with Gasteiger partial charge in [-0.25, -0.2) is 0 Å². The average molecular weight is 229 g/mol. The molecule has 0 heterocycles. The summed E-state index contributed by atoms with van der Waals surface area (Å²) < 4.78 is 4.87. The molecule has 0 N–H and O–H groups in total. The number of ether oxygens (including phenoxy) is 1. The number of hydrogen-bond donors (Lipinski definition) is 0. The zero-order valence-electron chi connectivity index (χ0n) is 9.85. The molecule has 0 spiro atoms. The molecule has 3 heteroatoms. The molecule has 0 saturated heterocycles. The number of carbonyl (C=O) groups is 1. The van der Waals surface area contributed by atoms with Crippen LogP contribution in [0.5, 0.6) is 0 Å². The van der Waals surface area contributed by atoms with E-state index >= 15 is 0 Å². The van der Waals surface area contributed by atoms with Gasteiger partial charge in [-0.05, 0) is 18.1 Å². The number of benzene rings is 1. The van der Waals surface area contributed by atoms with Crippen molar-refractivity contribution in [3.8, 4) is 6.07 Å². The molecule has 3 nitrogen and oxygen atoms in total. The average Bonchev–Trinajstić information content (AvgIpc) is 2.32. The summed E-state index contributed by atoms with van der Waals surface area (Å²) in [5, 5.41) is 8.39. The molecule has 0 aliphatic rings. The van der Waals surface area contributed by atoms with Gasteiger partial charge in [-0.2, -0.15) is 5.26 Å². The molecule has 0 bridgehead atoms. The SMILES string of the molecule is CCOC(=O)Cc1ccc(C=CCC#N)cc1. The summed E-state index contributed by atoms with van der Waals surface area (Å²) in [6.45, 7) is 2.20. The number of hydrogen-bond acceptors (Lipinski definition) is 3. The first kappa shape index (κ1) is 13.0. The molecule has 1 aromatic rings. The van der Waals surface area contributed by atoms with Crippen molar-refractivity contribution >= 4 is 12.0 Å². The lowest BCUT2D eigenvalue weighted by Crippen LogP contribution is -2.07. The van der Waals surface area contributed by atoms with Gasteiger partial charge in [0.1, 0.15) is 0 Å². The highest BCUT2D eigenvalue weighted by atomic mass is 16.5. The molecule has 0 aromatic heterocycles. The third-order valence-corrected chi connectivity index (χ3v) is 2.15. The number of nitrogens with zero attached hydrogens (tertiary/aromatic N) is 1. The van der Waals surface area contributed by atoms with Crippen molar-refractivity contribution in [3.05, 3.63) is 41.5 Å². The van der Waals surface area contributed by atoms with Gasteiger partial charge in [0.2, 0.25) is 0 Å². The Morgan fingerprint density at radius 3 is 2.71 bits per heavy atom. The van der Waals surface area contributed by atoms with E-state index in [1.165, 1.54) is 0 Å². The number of nitriles is 1. The van der Waals surface area contributed by atoms with Crippen molar-refractivity contribution in [2.75, 3.05) is 6.61 Å². The monoisotopic (exact) mass is 229 g/mol. The summed E-state index contributed by atoms with van der Waals surface area (Å²) in [6.07, 6.45) is 4.40. The fourth-order valence-corrected chi connectivity index (χ4v) is 1.37. The predicted molar refractivity (Wildman–Crippen MR) is 66.0 cm³/mol. The van der Waals surface area contributed by atoms with Crippen molar-refractivity contribution in [3.63, 3.8) is 0 Å². The Morgan fingerprint density at radius 1 is 1.41 bits per heavy atom. The Balaban J connectivity index is 2.56. The maximum absolute atomic E-state index is 11.2. The lowest BCUT2D eigenvalue weighted by molar-refractivity contribution is -0.142. The van der Waals surface area contributed by atoms with Crippen LogP contribution in [0.25, 0.3) is 6.08 Å². The minimum absolute atomic E-state index is 0.208. The molecule has 0 fully saturated rings. The van der Waals surface area contributed by atoms with Crippen LogP contribution in [0.15, 0.2) is 30.3 Å². The van der Waals surface area contributed by atoms with E-state index in [1.54, 1.807) is 13.0 Å². The molecule has 0 atom stereocenters. The van der Waals surface area contributed by atoms with Crippen molar-refractivity contribution < 1.29 is 9.53 Å². The molecular weight excluding hydrogens is 214 g/mol. The molecule has 0 aliphatic heterocycles. The summed E-state index contributed by atoms with van der Waals surface area (Å²) >= 11 is 0. The molecule has 0 radical (unpaired) electrons. The molecule has 0 aliphatic carbocycles. The van der Waals surface area contributed by atoms with Gasteiger partial charge >= 0.3 is 5.97 Å². The summed E-state index contributed by atoms with van der Waals surface area (Å²) in [7, 11) is 0. The van der Waals surface area contributed by atoms with E-state index in [4.69, 9.17) is 10.00 Å². The quantitative estimate of drug-likeness (QED) is 0.729. The van der Waals surface area contributed by atoms with Gasteiger partial charge in [0, 0.05) is 0 Å². The van der Waals surface area contributed by atoms with Crippen molar-refractivity contribution in [2.45, 2.75) is 19.8 Å². The Hall–Kier alpha value is -2.08. The first-order valence-electron chi connectivity index (χ1n) is 5.54. The fraction of sp³-hybridized carbons (Fsp3) is 0.286. The van der Waals surface area contributed by atoms with E-state index in [-0.39, 0.29) is 5.97 Å². The van der Waals surface area contributed by atoms with Gasteiger partial charge in [-0.15, -0.1) is 0 Å². The van der Waals surface area contributed by atoms with Gasteiger partial charge in [-0.3, -0.25) is 4.79 Å². The molecule has 0 saturated carbocycles. The largest absolute Gasteiger partial charge is 0.466 e. The first-order chi connectivity index (χ1) is 8.26. The molecule has 17 heavy (non-hydrogen) atoms. The topological polar surface area (TPSA) is 50.1 Å². The van der Waals surface area contributed by atoms with E-state index in [2.05, 4.69) is 0 Å². The Bertz CT molecular complexity index is 427. The van der Waals surface area contributed by atoms with Crippen LogP contribution < -0.4 is 0 Å². The van der Waals surface area contributed by atoms with Crippen LogP contribution in [0.2, 0.25) is 0 Å². The van der Waals surface area contributed by atoms with Gasteiger partial charge in [0.25, 0.3) is 0 Å². The third kappa shape index (κ3) is 4.98. The second-order valence-electron chi connectivity index (χ2n) is 3.49.